The van der Waals surface area contributed by atoms with Gasteiger partial charge in [0.2, 0.25) is 0 Å². The summed E-state index contributed by atoms with van der Waals surface area (Å²) in [5, 5.41) is 3.28. The summed E-state index contributed by atoms with van der Waals surface area (Å²) >= 11 is 0. The van der Waals surface area contributed by atoms with Crippen LogP contribution in [0.3, 0.4) is 0 Å². The first-order chi connectivity index (χ1) is 22.7. The maximum absolute atomic E-state index is 2.39. The van der Waals surface area contributed by atoms with Gasteiger partial charge in [0.25, 0.3) is 0 Å². The molecule has 0 unspecified atom stereocenters. The van der Waals surface area contributed by atoms with Crippen molar-refractivity contribution in [1.82, 2.24) is 0 Å². The second kappa shape index (κ2) is 15.4. The molecule has 1 fully saturated rings. The van der Waals surface area contributed by atoms with E-state index in [1.807, 2.05) is 0 Å². The minimum atomic E-state index is -1.22. The molecule has 1 saturated carbocycles. The predicted octanol–water partition coefficient (Wildman–Crippen LogP) is 7.87. The normalized spacial score (nSPS) is 13.5. The first-order valence-corrected chi connectivity index (χ1v) is 18.6. The Morgan fingerprint density at radius 2 is 0.696 bits per heavy atom. The van der Waals surface area contributed by atoms with Crippen LogP contribution in [0.4, 0.5) is 0 Å². The van der Waals surface area contributed by atoms with Crippen molar-refractivity contribution in [3.8, 4) is 0 Å². The van der Waals surface area contributed by atoms with Gasteiger partial charge in [-0.25, -0.2) is 0 Å². The maximum atomic E-state index is 2.39. The van der Waals surface area contributed by atoms with E-state index in [-0.39, 0.29) is 0 Å². The topological polar surface area (TPSA) is 0 Å². The van der Waals surface area contributed by atoms with E-state index in [1.54, 1.807) is 10.6 Å². The van der Waals surface area contributed by atoms with Crippen molar-refractivity contribution in [2.75, 3.05) is 0 Å². The van der Waals surface area contributed by atoms with Gasteiger partial charge in [-0.15, -0.1) is 0 Å². The number of benzene rings is 6. The smallest absolute Gasteiger partial charge is 0.108 e. The molecule has 0 aliphatic heterocycles. The van der Waals surface area contributed by atoms with E-state index in [1.165, 1.54) is 65.1 Å². The summed E-state index contributed by atoms with van der Waals surface area (Å²) in [5.41, 5.74) is 9.24. The summed E-state index contributed by atoms with van der Waals surface area (Å²) in [5.74, 6) is 0. The van der Waals surface area contributed by atoms with Gasteiger partial charge in [0.05, 0.1) is 24.2 Å². The van der Waals surface area contributed by atoms with Gasteiger partial charge in [-0.3, -0.25) is 0 Å². The van der Waals surface area contributed by atoms with Crippen LogP contribution in [0.15, 0.2) is 170 Å². The van der Waals surface area contributed by atoms with Gasteiger partial charge in [-0.1, -0.05) is 164 Å². The van der Waals surface area contributed by atoms with Crippen molar-refractivity contribution in [1.29, 1.82) is 0 Å². The fourth-order valence-electron chi connectivity index (χ4n) is 7.85. The Bertz CT molecular complexity index is 1570. The molecule has 0 atom stereocenters. The van der Waals surface area contributed by atoms with Crippen LogP contribution in [0.5, 0.6) is 0 Å². The fourth-order valence-corrected chi connectivity index (χ4v) is 11.6. The fraction of sp³-hybridized carbons (Fsp3) is 0.182. The third-order valence-corrected chi connectivity index (χ3v) is 13.8. The molecule has 0 nitrogen and oxygen atoms in total. The van der Waals surface area contributed by atoms with Crippen molar-refractivity contribution in [2.45, 2.75) is 51.6 Å². The zero-order valence-electron chi connectivity index (χ0n) is 27.4. The highest BCUT2D eigenvalue weighted by Gasteiger charge is 2.35. The molecule has 6 aromatic carbocycles. The van der Waals surface area contributed by atoms with Crippen LogP contribution in [0.1, 0.15) is 43.2 Å². The third-order valence-electron chi connectivity index (χ3n) is 10.1. The minimum Gasteiger partial charge on any atom is -0.195 e. The molecule has 0 radical (unpaired) electrons. The Hall–Kier alpha value is -4.19. The van der Waals surface area contributed by atoms with E-state index >= 15 is 0 Å². The Labute approximate surface area is 278 Å². The molecule has 2 heteroatoms. The van der Waals surface area contributed by atoms with Gasteiger partial charge in [-0.05, 0) is 62.8 Å². The summed E-state index contributed by atoms with van der Waals surface area (Å²) in [7, 11) is -0.661. The van der Waals surface area contributed by atoms with E-state index in [4.69, 9.17) is 0 Å². The number of aryl methyl sites for hydroxylation is 2. The molecule has 0 spiro atoms. The minimum absolute atomic E-state index is 0.661. The summed E-state index contributed by atoms with van der Waals surface area (Å²) in [6.07, 6.45) is 5.93. The Morgan fingerprint density at radius 3 is 1.02 bits per heavy atom. The Kier molecular flexibility index (Phi) is 10.6. The van der Waals surface area contributed by atoms with Gasteiger partial charge < -0.3 is 0 Å². The molecule has 7 rings (SSSR count). The molecule has 0 bridgehead atoms. The monoisotopic (exact) mass is 616 g/mol. The molecule has 0 heterocycles. The van der Waals surface area contributed by atoms with Crippen molar-refractivity contribution < 1.29 is 0 Å². The van der Waals surface area contributed by atoms with Crippen molar-refractivity contribution in [3.05, 3.63) is 181 Å². The quantitative estimate of drug-likeness (QED) is 0.127. The standard InChI is InChI=1S/C24H20B.C20H25P/c1-5-13-21(14-6-1)25(22-15-7-2-8-16-22,23-17-9-3-10-18-23)24-19-11-4-12-20-24;1-16-10-6-8-14-19(16)21(18-12-4-3-5-13-18)20-15-9-7-11-17(20)2/h1-20H;6-11,14-15,18H,3-5,12-13H2,1-2H3/q-1;/p+1. The van der Waals surface area contributed by atoms with E-state index in [0.29, 0.717) is 0 Å². The molecular formula is C44H46BP. The molecule has 1 aliphatic carbocycles. The second-order valence-electron chi connectivity index (χ2n) is 12.9. The number of hydrogen-bond acceptors (Lipinski definition) is 0. The second-order valence-corrected chi connectivity index (χ2v) is 15.6. The summed E-state index contributed by atoms with van der Waals surface area (Å²) < 4.78 is 0. The SMILES string of the molecule is Cc1ccccc1[PH+](c1ccccc1C)C1CCCCC1.c1ccc([B-](c2ccccc2)(c2ccccc2)c2ccccc2)cc1. The van der Waals surface area contributed by atoms with Crippen molar-refractivity contribution in [2.24, 2.45) is 0 Å². The lowest BCUT2D eigenvalue weighted by Gasteiger charge is -2.44. The molecule has 230 valence electrons. The number of hydrogen-bond donors (Lipinski definition) is 0. The van der Waals surface area contributed by atoms with Crippen molar-refractivity contribution >= 4 is 46.5 Å². The zero-order chi connectivity index (χ0) is 31.6. The average Bonchev–Trinajstić information content (AvgIpc) is 3.13. The lowest BCUT2D eigenvalue weighted by atomic mass is 9.13. The van der Waals surface area contributed by atoms with E-state index < -0.39 is 14.1 Å². The molecule has 1 aliphatic rings. The van der Waals surface area contributed by atoms with Crippen LogP contribution in [-0.2, 0) is 0 Å². The van der Waals surface area contributed by atoms with Crippen LogP contribution in [0, 0.1) is 13.8 Å². The lowest BCUT2D eigenvalue weighted by molar-refractivity contribution is 0.513. The predicted molar refractivity (Wildman–Crippen MR) is 207 cm³/mol. The Morgan fingerprint density at radius 1 is 0.391 bits per heavy atom. The molecule has 46 heavy (non-hydrogen) atoms. The van der Waals surface area contributed by atoms with Crippen LogP contribution in [0.2, 0.25) is 0 Å². The summed E-state index contributed by atoms with van der Waals surface area (Å²) in [6, 6.07) is 61.7. The molecule has 0 saturated heterocycles. The lowest BCUT2D eigenvalue weighted by Crippen LogP contribution is -2.74. The van der Waals surface area contributed by atoms with Crippen LogP contribution >= 0.6 is 7.92 Å². The molecule has 0 amide bonds. The van der Waals surface area contributed by atoms with Crippen LogP contribution < -0.4 is 32.5 Å². The summed E-state index contributed by atoms with van der Waals surface area (Å²) in [6.45, 7) is 4.59. The maximum Gasteiger partial charge on any atom is 0.108 e. The molecule has 0 aromatic heterocycles. The number of rotatable bonds is 7. The molecular weight excluding hydrogens is 570 g/mol. The van der Waals surface area contributed by atoms with Gasteiger partial charge in [0, 0.05) is 0 Å². The van der Waals surface area contributed by atoms with Gasteiger partial charge >= 0.3 is 0 Å². The molecule has 0 N–H and O–H groups in total. The van der Waals surface area contributed by atoms with E-state index in [0.717, 1.165) is 5.66 Å². The van der Waals surface area contributed by atoms with Crippen LogP contribution in [0.25, 0.3) is 0 Å². The summed E-state index contributed by atoms with van der Waals surface area (Å²) in [4.78, 5) is 0. The van der Waals surface area contributed by atoms with Crippen LogP contribution in [-0.4, -0.2) is 11.8 Å². The molecule has 6 aromatic rings. The van der Waals surface area contributed by atoms with Crippen molar-refractivity contribution in [3.63, 3.8) is 0 Å². The van der Waals surface area contributed by atoms with Gasteiger partial charge in [0.1, 0.15) is 6.15 Å². The largest absolute Gasteiger partial charge is 0.195 e. The first-order valence-electron chi connectivity index (χ1n) is 17.1. The van der Waals surface area contributed by atoms with E-state index in [9.17, 15) is 0 Å². The first kappa shape index (κ1) is 31.8. The highest BCUT2D eigenvalue weighted by atomic mass is 31.1. The zero-order valence-corrected chi connectivity index (χ0v) is 28.4. The highest BCUT2D eigenvalue weighted by Crippen LogP contribution is 2.47. The van der Waals surface area contributed by atoms with E-state index in [2.05, 4.69) is 184 Å². The Balaban J connectivity index is 0.000000164. The highest BCUT2D eigenvalue weighted by molar-refractivity contribution is 7.73. The average molecular weight is 617 g/mol. The van der Waals surface area contributed by atoms with Gasteiger partial charge in [-0.2, -0.15) is 21.9 Å². The third kappa shape index (κ3) is 6.82. The van der Waals surface area contributed by atoms with Gasteiger partial charge in [0.15, 0.2) is 0 Å².